The largest absolute Gasteiger partial charge is 0.507 e. The average Bonchev–Trinajstić information content (AvgIpc) is 2.50. The summed E-state index contributed by atoms with van der Waals surface area (Å²) in [4.78, 5) is 0.910. The van der Waals surface area contributed by atoms with Crippen molar-refractivity contribution in [1.82, 2.24) is 0 Å². The van der Waals surface area contributed by atoms with Gasteiger partial charge in [-0.15, -0.1) is 11.8 Å². The molecule has 3 nitrogen and oxygen atoms in total. The Labute approximate surface area is 93.4 Å². The standard InChI is InChI=1S/C11H14O3S/c12-10-3-1-2-4-11(10)15-9-5-6-13-8-14-7-9/h1-4,9,12H,5-8H2. The zero-order chi connectivity index (χ0) is 10.5. The quantitative estimate of drug-likeness (QED) is 0.839. The van der Waals surface area contributed by atoms with Gasteiger partial charge in [0.25, 0.3) is 0 Å². The summed E-state index contributed by atoms with van der Waals surface area (Å²) in [5, 5.41) is 9.98. The number of hydrogen-bond acceptors (Lipinski definition) is 4. The van der Waals surface area contributed by atoms with Crippen molar-refractivity contribution >= 4 is 11.8 Å². The van der Waals surface area contributed by atoms with Gasteiger partial charge in [0.1, 0.15) is 12.5 Å². The molecule has 1 atom stereocenters. The predicted octanol–water partition coefficient (Wildman–Crippen LogP) is 2.25. The Kier molecular flexibility index (Phi) is 3.88. The molecule has 2 rings (SSSR count). The molecule has 1 unspecified atom stereocenters. The number of phenols is 1. The van der Waals surface area contributed by atoms with Crippen molar-refractivity contribution in [3.8, 4) is 5.75 Å². The van der Waals surface area contributed by atoms with Crippen LogP contribution in [0.15, 0.2) is 29.2 Å². The van der Waals surface area contributed by atoms with Gasteiger partial charge in [-0.05, 0) is 18.6 Å². The lowest BCUT2D eigenvalue weighted by Crippen LogP contribution is -2.09. The fraction of sp³-hybridized carbons (Fsp3) is 0.455. The van der Waals surface area contributed by atoms with E-state index in [1.807, 2.05) is 18.2 Å². The van der Waals surface area contributed by atoms with Crippen LogP contribution in [0.1, 0.15) is 6.42 Å². The van der Waals surface area contributed by atoms with E-state index in [1.165, 1.54) is 0 Å². The molecule has 4 heteroatoms. The molecule has 0 amide bonds. The zero-order valence-corrected chi connectivity index (χ0v) is 9.20. The van der Waals surface area contributed by atoms with Gasteiger partial charge < -0.3 is 14.6 Å². The van der Waals surface area contributed by atoms with Gasteiger partial charge in [0.05, 0.1) is 13.2 Å². The highest BCUT2D eigenvalue weighted by Crippen LogP contribution is 2.32. The highest BCUT2D eigenvalue weighted by molar-refractivity contribution is 8.00. The lowest BCUT2D eigenvalue weighted by Gasteiger charge is -2.12. The summed E-state index contributed by atoms with van der Waals surface area (Å²) in [6, 6.07) is 7.38. The highest BCUT2D eigenvalue weighted by Gasteiger charge is 2.15. The molecular weight excluding hydrogens is 212 g/mol. The molecule has 0 radical (unpaired) electrons. The fourth-order valence-electron chi connectivity index (χ4n) is 1.42. The molecule has 1 aliphatic heterocycles. The van der Waals surface area contributed by atoms with Gasteiger partial charge in [0.2, 0.25) is 0 Å². The second-order valence-electron chi connectivity index (χ2n) is 3.39. The molecule has 0 spiro atoms. The Morgan fingerprint density at radius 2 is 2.13 bits per heavy atom. The molecule has 1 aromatic carbocycles. The van der Waals surface area contributed by atoms with Crippen molar-refractivity contribution in [2.45, 2.75) is 16.6 Å². The first-order valence-electron chi connectivity index (χ1n) is 4.96. The number of thioether (sulfide) groups is 1. The Hall–Kier alpha value is -0.710. The molecular formula is C11H14O3S. The molecule has 0 aromatic heterocycles. The number of ether oxygens (including phenoxy) is 2. The summed E-state index contributed by atoms with van der Waals surface area (Å²) < 4.78 is 10.5. The van der Waals surface area contributed by atoms with Crippen LogP contribution in [0, 0.1) is 0 Å². The van der Waals surface area contributed by atoms with Gasteiger partial charge >= 0.3 is 0 Å². The van der Waals surface area contributed by atoms with Crippen LogP contribution in [0.2, 0.25) is 0 Å². The van der Waals surface area contributed by atoms with Crippen molar-refractivity contribution < 1.29 is 14.6 Å². The molecule has 1 fully saturated rings. The minimum absolute atomic E-state index is 0.340. The summed E-state index contributed by atoms with van der Waals surface area (Å²) in [6.45, 7) is 1.79. The molecule has 0 aliphatic carbocycles. The maximum atomic E-state index is 9.62. The lowest BCUT2D eigenvalue weighted by molar-refractivity contribution is -0.0314. The SMILES string of the molecule is Oc1ccccc1SC1CCOCOC1. The molecule has 1 heterocycles. The Balaban J connectivity index is 1.98. The summed E-state index contributed by atoms with van der Waals surface area (Å²) >= 11 is 1.65. The van der Waals surface area contributed by atoms with Crippen LogP contribution in [-0.4, -0.2) is 30.4 Å². The van der Waals surface area contributed by atoms with Crippen LogP contribution in [0.3, 0.4) is 0 Å². The number of phenolic OH excluding ortho intramolecular Hbond substituents is 1. The van der Waals surface area contributed by atoms with E-state index in [1.54, 1.807) is 17.8 Å². The molecule has 15 heavy (non-hydrogen) atoms. The first-order chi connectivity index (χ1) is 7.36. The predicted molar refractivity (Wildman–Crippen MR) is 59.1 cm³/mol. The first-order valence-corrected chi connectivity index (χ1v) is 5.84. The molecule has 1 saturated heterocycles. The van der Waals surface area contributed by atoms with E-state index in [4.69, 9.17) is 9.47 Å². The van der Waals surface area contributed by atoms with Crippen molar-refractivity contribution in [3.63, 3.8) is 0 Å². The third kappa shape index (κ3) is 3.12. The van der Waals surface area contributed by atoms with Gasteiger partial charge in [0, 0.05) is 10.1 Å². The van der Waals surface area contributed by atoms with Crippen LogP contribution in [-0.2, 0) is 9.47 Å². The second kappa shape index (κ2) is 5.39. The smallest absolute Gasteiger partial charge is 0.146 e. The van der Waals surface area contributed by atoms with E-state index in [0.717, 1.165) is 17.9 Å². The Morgan fingerprint density at radius 3 is 3.00 bits per heavy atom. The van der Waals surface area contributed by atoms with E-state index in [2.05, 4.69) is 0 Å². The molecule has 1 N–H and O–H groups in total. The molecule has 0 bridgehead atoms. The monoisotopic (exact) mass is 226 g/mol. The molecule has 82 valence electrons. The molecule has 0 saturated carbocycles. The topological polar surface area (TPSA) is 38.7 Å². The second-order valence-corrected chi connectivity index (χ2v) is 4.74. The summed E-state index contributed by atoms with van der Waals surface area (Å²) in [7, 11) is 0. The maximum absolute atomic E-state index is 9.62. The average molecular weight is 226 g/mol. The summed E-state index contributed by atoms with van der Waals surface area (Å²) in [5.74, 6) is 0.340. The third-order valence-electron chi connectivity index (χ3n) is 2.21. The van der Waals surface area contributed by atoms with Crippen molar-refractivity contribution in [2.75, 3.05) is 20.0 Å². The van der Waals surface area contributed by atoms with Gasteiger partial charge in [-0.1, -0.05) is 12.1 Å². The Morgan fingerprint density at radius 1 is 1.27 bits per heavy atom. The van der Waals surface area contributed by atoms with Gasteiger partial charge in [-0.3, -0.25) is 0 Å². The van der Waals surface area contributed by atoms with Crippen LogP contribution >= 0.6 is 11.8 Å². The zero-order valence-electron chi connectivity index (χ0n) is 8.39. The van der Waals surface area contributed by atoms with E-state index in [9.17, 15) is 5.11 Å². The van der Waals surface area contributed by atoms with E-state index >= 15 is 0 Å². The van der Waals surface area contributed by atoms with E-state index < -0.39 is 0 Å². The number of benzene rings is 1. The van der Waals surface area contributed by atoms with E-state index in [-0.39, 0.29) is 0 Å². The van der Waals surface area contributed by atoms with Gasteiger partial charge in [-0.25, -0.2) is 0 Å². The number of hydrogen-bond donors (Lipinski definition) is 1. The normalized spacial score (nSPS) is 22.3. The summed E-state index contributed by atoms with van der Waals surface area (Å²) in [6.07, 6.45) is 0.957. The van der Waals surface area contributed by atoms with Crippen LogP contribution in [0.5, 0.6) is 5.75 Å². The molecule has 1 aliphatic rings. The van der Waals surface area contributed by atoms with Crippen molar-refractivity contribution in [1.29, 1.82) is 0 Å². The Bertz CT molecular complexity index is 308. The van der Waals surface area contributed by atoms with Crippen molar-refractivity contribution in [3.05, 3.63) is 24.3 Å². The number of para-hydroxylation sites is 1. The van der Waals surface area contributed by atoms with Crippen LogP contribution < -0.4 is 0 Å². The number of rotatable bonds is 2. The highest BCUT2D eigenvalue weighted by atomic mass is 32.2. The van der Waals surface area contributed by atoms with Crippen LogP contribution in [0.4, 0.5) is 0 Å². The first kappa shape index (κ1) is 10.8. The van der Waals surface area contributed by atoms with Crippen molar-refractivity contribution in [2.24, 2.45) is 0 Å². The lowest BCUT2D eigenvalue weighted by atomic mass is 10.3. The minimum Gasteiger partial charge on any atom is -0.507 e. The van der Waals surface area contributed by atoms with Gasteiger partial charge in [0.15, 0.2) is 0 Å². The third-order valence-corrected chi connectivity index (χ3v) is 3.52. The summed E-state index contributed by atoms with van der Waals surface area (Å²) in [5.41, 5.74) is 0. The maximum Gasteiger partial charge on any atom is 0.146 e. The van der Waals surface area contributed by atoms with E-state index in [0.29, 0.717) is 24.4 Å². The van der Waals surface area contributed by atoms with Crippen LogP contribution in [0.25, 0.3) is 0 Å². The molecule has 1 aromatic rings. The number of aromatic hydroxyl groups is 1. The minimum atomic E-state index is 0.340. The fourth-order valence-corrected chi connectivity index (χ4v) is 2.51. The van der Waals surface area contributed by atoms with Gasteiger partial charge in [-0.2, -0.15) is 0 Å².